The molecule has 0 aromatic carbocycles. The van der Waals surface area contributed by atoms with Gasteiger partial charge in [-0.05, 0) is 22.8 Å². The highest BCUT2D eigenvalue weighted by Gasteiger charge is 2.16. The summed E-state index contributed by atoms with van der Waals surface area (Å²) in [6.45, 7) is 2.03. The highest BCUT2D eigenvalue weighted by Crippen LogP contribution is 2.38. The lowest BCUT2D eigenvalue weighted by atomic mass is 10.3. The van der Waals surface area contributed by atoms with Crippen molar-refractivity contribution in [2.24, 2.45) is 0 Å². The summed E-state index contributed by atoms with van der Waals surface area (Å²) in [4.78, 5) is 13.0. The van der Waals surface area contributed by atoms with Crippen LogP contribution in [-0.4, -0.2) is 20.6 Å². The number of benzene rings is 1. The molecule has 82 valence electrons. The van der Waals surface area contributed by atoms with Crippen molar-refractivity contribution in [1.29, 1.82) is 0 Å². The molecule has 0 bridgehead atoms. The number of hydrogen-bond acceptors (Lipinski definition) is 2. The standard InChI is InChI=1S/C10H8N2.C2H4O2/c1-2-9(10-5-8(1)10)6-12-4-3-11-7-12;1-2(3)4/h1-5,7H,6H2;1H3,(H,3,4). The zero-order valence-corrected chi connectivity index (χ0v) is 8.92. The number of hydrogen-bond donors (Lipinski definition) is 1. The summed E-state index contributed by atoms with van der Waals surface area (Å²) in [5, 5.41) is 7.42. The normalized spacial score (nSPS) is 10.3. The molecule has 4 heteroatoms. The van der Waals surface area contributed by atoms with Crippen molar-refractivity contribution in [1.82, 2.24) is 9.55 Å². The molecule has 0 aliphatic heterocycles. The van der Waals surface area contributed by atoms with Crippen LogP contribution in [-0.2, 0) is 11.3 Å². The molecule has 1 aromatic rings. The van der Waals surface area contributed by atoms with Crippen LogP contribution in [0.5, 0.6) is 0 Å². The first-order chi connectivity index (χ1) is 7.66. The van der Waals surface area contributed by atoms with Gasteiger partial charge in [0.15, 0.2) is 0 Å². The molecule has 2 aliphatic carbocycles. The zero-order chi connectivity index (χ0) is 11.5. The Morgan fingerprint density at radius 2 is 2.25 bits per heavy atom. The molecule has 0 amide bonds. The van der Waals surface area contributed by atoms with Gasteiger partial charge in [-0.2, -0.15) is 0 Å². The molecule has 0 saturated carbocycles. The van der Waals surface area contributed by atoms with Gasteiger partial charge in [-0.1, -0.05) is 12.1 Å². The van der Waals surface area contributed by atoms with Crippen LogP contribution in [0.1, 0.15) is 12.5 Å². The summed E-state index contributed by atoms with van der Waals surface area (Å²) in [5.74, 6) is -0.833. The van der Waals surface area contributed by atoms with Gasteiger partial charge in [-0.15, -0.1) is 0 Å². The fraction of sp³-hybridized carbons (Fsp3) is 0.167. The zero-order valence-electron chi connectivity index (χ0n) is 8.92. The van der Waals surface area contributed by atoms with Crippen LogP contribution in [0.2, 0.25) is 0 Å². The Morgan fingerprint density at radius 1 is 1.50 bits per heavy atom. The fourth-order valence-corrected chi connectivity index (χ4v) is 1.53. The largest absolute Gasteiger partial charge is 0.481 e. The van der Waals surface area contributed by atoms with Crippen molar-refractivity contribution < 1.29 is 9.90 Å². The highest BCUT2D eigenvalue weighted by molar-refractivity contribution is 5.84. The van der Waals surface area contributed by atoms with Crippen LogP contribution in [0, 0.1) is 0 Å². The van der Waals surface area contributed by atoms with E-state index >= 15 is 0 Å². The maximum atomic E-state index is 9.00. The van der Waals surface area contributed by atoms with Crippen molar-refractivity contribution >= 4 is 5.97 Å². The van der Waals surface area contributed by atoms with Crippen LogP contribution < -0.4 is 0 Å². The molecule has 1 heterocycles. The fourth-order valence-electron chi connectivity index (χ4n) is 1.53. The van der Waals surface area contributed by atoms with Gasteiger partial charge in [0.05, 0.1) is 6.33 Å². The van der Waals surface area contributed by atoms with Gasteiger partial charge >= 0.3 is 0 Å². The number of carbonyl (C=O) groups is 1. The molecule has 4 nitrogen and oxygen atoms in total. The van der Waals surface area contributed by atoms with Crippen molar-refractivity contribution in [2.45, 2.75) is 13.5 Å². The number of carboxylic acids is 1. The van der Waals surface area contributed by atoms with E-state index in [2.05, 4.69) is 27.8 Å². The van der Waals surface area contributed by atoms with E-state index in [0.29, 0.717) is 0 Å². The van der Waals surface area contributed by atoms with E-state index < -0.39 is 5.97 Å². The van der Waals surface area contributed by atoms with Crippen LogP contribution in [0.25, 0.3) is 11.1 Å². The van der Waals surface area contributed by atoms with E-state index in [1.807, 2.05) is 18.7 Å². The van der Waals surface area contributed by atoms with E-state index in [0.717, 1.165) is 13.5 Å². The van der Waals surface area contributed by atoms with E-state index in [1.165, 1.54) is 16.7 Å². The Morgan fingerprint density at radius 3 is 2.69 bits per heavy atom. The lowest BCUT2D eigenvalue weighted by molar-refractivity contribution is -0.134. The van der Waals surface area contributed by atoms with E-state index in [9.17, 15) is 0 Å². The molecule has 0 unspecified atom stereocenters. The maximum Gasteiger partial charge on any atom is 0.300 e. The van der Waals surface area contributed by atoms with Crippen molar-refractivity contribution in [2.75, 3.05) is 0 Å². The average Bonchev–Trinajstić information content (AvgIpc) is 2.64. The highest BCUT2D eigenvalue weighted by atomic mass is 16.4. The predicted molar refractivity (Wildman–Crippen MR) is 60.1 cm³/mol. The second-order valence-electron chi connectivity index (χ2n) is 3.63. The summed E-state index contributed by atoms with van der Waals surface area (Å²) in [5.41, 5.74) is 4.25. The Balaban J connectivity index is 0.000000212. The van der Waals surface area contributed by atoms with Gasteiger partial charge in [0, 0.05) is 25.9 Å². The lowest BCUT2D eigenvalue weighted by Gasteiger charge is -1.98. The Labute approximate surface area is 93.2 Å². The second kappa shape index (κ2) is 4.18. The van der Waals surface area contributed by atoms with Crippen LogP contribution in [0.4, 0.5) is 0 Å². The predicted octanol–water partition coefficient (Wildman–Crippen LogP) is 2.00. The molecule has 0 spiro atoms. The SMILES string of the molecule is CC(=O)O.c1cn(Cc2ccc3cc2-3)cn1. The van der Waals surface area contributed by atoms with Crippen molar-refractivity contribution in [3.8, 4) is 11.1 Å². The first-order valence-electron chi connectivity index (χ1n) is 4.95. The summed E-state index contributed by atoms with van der Waals surface area (Å²) in [6.07, 6.45) is 5.65. The third-order valence-electron chi connectivity index (χ3n) is 2.25. The van der Waals surface area contributed by atoms with E-state index in [4.69, 9.17) is 9.90 Å². The molecule has 3 rings (SSSR count). The summed E-state index contributed by atoms with van der Waals surface area (Å²) in [7, 11) is 0. The molecule has 16 heavy (non-hydrogen) atoms. The van der Waals surface area contributed by atoms with Crippen LogP contribution in [0.3, 0.4) is 0 Å². The Kier molecular flexibility index (Phi) is 2.72. The van der Waals surface area contributed by atoms with Gasteiger partial charge < -0.3 is 9.67 Å². The quantitative estimate of drug-likeness (QED) is 0.712. The number of aliphatic carboxylic acids is 1. The molecule has 0 saturated heterocycles. The number of nitrogens with zero attached hydrogens (tertiary/aromatic N) is 2. The number of fused-ring (bicyclic) bond motifs is 1. The number of aromatic nitrogens is 2. The number of rotatable bonds is 2. The van der Waals surface area contributed by atoms with Crippen LogP contribution >= 0.6 is 0 Å². The molecule has 2 aliphatic rings. The van der Waals surface area contributed by atoms with Crippen LogP contribution in [0.15, 0.2) is 36.9 Å². The van der Waals surface area contributed by atoms with Crippen molar-refractivity contribution in [3.05, 3.63) is 42.5 Å². The molecule has 1 aromatic heterocycles. The van der Waals surface area contributed by atoms with E-state index in [-0.39, 0.29) is 0 Å². The smallest absolute Gasteiger partial charge is 0.300 e. The minimum absolute atomic E-state index is 0.833. The first-order valence-corrected chi connectivity index (χ1v) is 4.95. The van der Waals surface area contributed by atoms with Gasteiger partial charge in [0.25, 0.3) is 5.97 Å². The molecular formula is C12H12N2O2. The molecule has 0 fully saturated rings. The maximum absolute atomic E-state index is 9.00. The van der Waals surface area contributed by atoms with E-state index in [1.54, 1.807) is 0 Å². The average molecular weight is 216 g/mol. The summed E-state index contributed by atoms with van der Waals surface area (Å²) in [6, 6.07) is 6.57. The molecule has 0 atom stereocenters. The monoisotopic (exact) mass is 216 g/mol. The minimum Gasteiger partial charge on any atom is -0.481 e. The third-order valence-corrected chi connectivity index (χ3v) is 2.25. The summed E-state index contributed by atoms with van der Waals surface area (Å²) >= 11 is 0. The Hall–Kier alpha value is -2.10. The third kappa shape index (κ3) is 2.48. The van der Waals surface area contributed by atoms with Gasteiger partial charge in [0.1, 0.15) is 0 Å². The minimum atomic E-state index is -0.833. The second-order valence-corrected chi connectivity index (χ2v) is 3.63. The number of carboxylic acid groups (broad SMARTS) is 1. The molecule has 1 N–H and O–H groups in total. The van der Waals surface area contributed by atoms with Crippen molar-refractivity contribution in [3.63, 3.8) is 0 Å². The Bertz CT molecular complexity index is 500. The lowest BCUT2D eigenvalue weighted by Crippen LogP contribution is -1.93. The number of imidazole rings is 1. The van der Waals surface area contributed by atoms with Gasteiger partial charge in [0.2, 0.25) is 0 Å². The first kappa shape index (κ1) is 10.4. The molecule has 0 radical (unpaired) electrons. The van der Waals surface area contributed by atoms with Gasteiger partial charge in [-0.25, -0.2) is 4.98 Å². The topological polar surface area (TPSA) is 55.1 Å². The van der Waals surface area contributed by atoms with Gasteiger partial charge in [-0.3, -0.25) is 4.79 Å². The summed E-state index contributed by atoms with van der Waals surface area (Å²) < 4.78 is 2.09. The molecular weight excluding hydrogens is 204 g/mol.